The van der Waals surface area contributed by atoms with Crippen molar-refractivity contribution in [1.82, 2.24) is 23.7 Å². The second kappa shape index (κ2) is 8.23. The van der Waals surface area contributed by atoms with E-state index in [-0.39, 0.29) is 17.1 Å². The number of para-hydroxylation sites is 1. The molecule has 5 aromatic rings. The third-order valence-electron chi connectivity index (χ3n) is 6.72. The predicted molar refractivity (Wildman–Crippen MR) is 138 cm³/mol. The van der Waals surface area contributed by atoms with Crippen molar-refractivity contribution in [3.63, 3.8) is 0 Å². The van der Waals surface area contributed by atoms with Crippen molar-refractivity contribution in [2.24, 2.45) is 0 Å². The molecular weight excluding hydrogens is 458 g/mol. The monoisotopic (exact) mass is 483 g/mol. The summed E-state index contributed by atoms with van der Waals surface area (Å²) in [5.74, 6) is 0.746. The number of benzene rings is 2. The van der Waals surface area contributed by atoms with Gasteiger partial charge in [0.2, 0.25) is 5.78 Å². The summed E-state index contributed by atoms with van der Waals surface area (Å²) in [4.78, 5) is 26.6. The number of hydrogen-bond acceptors (Lipinski definition) is 5. The first-order valence-corrected chi connectivity index (χ1v) is 12.7. The maximum Gasteiger partial charge on any atom is 0.267 e. The summed E-state index contributed by atoms with van der Waals surface area (Å²) in [6.45, 7) is 6.11. The third-order valence-corrected chi connectivity index (χ3v) is 7.64. The lowest BCUT2D eigenvalue weighted by Gasteiger charge is -2.11. The zero-order valence-electron chi connectivity index (χ0n) is 19.9. The van der Waals surface area contributed by atoms with Crippen LogP contribution in [0.1, 0.15) is 46.2 Å². The van der Waals surface area contributed by atoms with Gasteiger partial charge in [0.25, 0.3) is 5.56 Å². The molecule has 176 valence electrons. The fourth-order valence-electron chi connectivity index (χ4n) is 4.86. The Kier molecular flexibility index (Phi) is 5.14. The van der Waals surface area contributed by atoms with Crippen molar-refractivity contribution < 1.29 is 4.79 Å². The number of ketones is 1. The molecule has 0 unspecified atom stereocenters. The molecule has 1 aliphatic carbocycles. The van der Waals surface area contributed by atoms with Crippen LogP contribution in [0.2, 0.25) is 0 Å². The maximum absolute atomic E-state index is 13.4. The van der Waals surface area contributed by atoms with Crippen molar-refractivity contribution in [1.29, 1.82) is 0 Å². The van der Waals surface area contributed by atoms with Crippen LogP contribution in [0, 0.1) is 20.8 Å². The van der Waals surface area contributed by atoms with Crippen molar-refractivity contribution in [3.8, 4) is 5.69 Å². The molecule has 0 spiro atoms. The van der Waals surface area contributed by atoms with Crippen molar-refractivity contribution in [3.05, 3.63) is 87.5 Å². The topological polar surface area (TPSA) is 74.2 Å². The summed E-state index contributed by atoms with van der Waals surface area (Å²) < 4.78 is 5.75. The van der Waals surface area contributed by atoms with Crippen LogP contribution in [0.4, 0.5) is 0 Å². The lowest BCUT2D eigenvalue weighted by Crippen LogP contribution is -2.21. The van der Waals surface area contributed by atoms with Gasteiger partial charge in [-0.2, -0.15) is 0 Å². The van der Waals surface area contributed by atoms with E-state index in [1.54, 1.807) is 4.57 Å². The highest BCUT2D eigenvalue weighted by molar-refractivity contribution is 7.99. The van der Waals surface area contributed by atoms with Gasteiger partial charge in [-0.3, -0.25) is 14.0 Å². The Morgan fingerprint density at radius 3 is 2.51 bits per heavy atom. The molecule has 35 heavy (non-hydrogen) atoms. The van der Waals surface area contributed by atoms with Gasteiger partial charge in [-0.15, -0.1) is 10.2 Å². The third kappa shape index (κ3) is 3.60. The van der Waals surface area contributed by atoms with Gasteiger partial charge in [0, 0.05) is 23.0 Å². The van der Waals surface area contributed by atoms with E-state index in [9.17, 15) is 9.59 Å². The molecule has 8 heteroatoms. The van der Waals surface area contributed by atoms with E-state index in [1.165, 1.54) is 24.6 Å². The molecule has 1 saturated carbocycles. The standard InChI is InChI=1S/C27H25N5O2S/c1-16-8-10-20(11-9-16)31-25(34)21-6-4-5-7-23(21)32-26(31)28-29-27(32)35-15-24(33)22-14-17(2)30(18(22)3)19-12-13-19/h4-11,14,19H,12-13,15H2,1-3H3. The number of carbonyl (C=O) groups is 1. The number of nitrogens with zero attached hydrogens (tertiary/aromatic N) is 5. The first-order valence-electron chi connectivity index (χ1n) is 11.7. The number of aryl methyl sites for hydroxylation is 2. The largest absolute Gasteiger partial charge is 0.345 e. The normalized spacial score (nSPS) is 13.7. The summed E-state index contributed by atoms with van der Waals surface area (Å²) in [5, 5.41) is 9.94. The second-order valence-electron chi connectivity index (χ2n) is 9.21. The summed E-state index contributed by atoms with van der Waals surface area (Å²) in [5.41, 5.74) is 5.36. The smallest absolute Gasteiger partial charge is 0.267 e. The van der Waals surface area contributed by atoms with E-state index in [2.05, 4.69) is 21.7 Å². The number of thioether (sulfide) groups is 1. The van der Waals surface area contributed by atoms with Crippen LogP contribution in [-0.4, -0.2) is 35.3 Å². The minimum Gasteiger partial charge on any atom is -0.345 e. The van der Waals surface area contributed by atoms with E-state index >= 15 is 0 Å². The molecule has 3 aromatic heterocycles. The molecule has 3 heterocycles. The molecule has 0 aliphatic heterocycles. The molecule has 1 aliphatic rings. The van der Waals surface area contributed by atoms with E-state index in [0.717, 1.165) is 33.7 Å². The van der Waals surface area contributed by atoms with Gasteiger partial charge in [0.1, 0.15) is 0 Å². The Balaban J connectivity index is 1.42. The van der Waals surface area contributed by atoms with Gasteiger partial charge in [-0.25, -0.2) is 4.57 Å². The Labute approximate surface area is 206 Å². The van der Waals surface area contributed by atoms with Crippen LogP contribution in [-0.2, 0) is 0 Å². The zero-order valence-corrected chi connectivity index (χ0v) is 20.7. The van der Waals surface area contributed by atoms with Crippen LogP contribution < -0.4 is 5.56 Å². The van der Waals surface area contributed by atoms with Gasteiger partial charge >= 0.3 is 0 Å². The molecule has 1 fully saturated rings. The first kappa shape index (κ1) is 21.9. The summed E-state index contributed by atoms with van der Waals surface area (Å²) in [6.07, 6.45) is 2.36. The Bertz CT molecular complexity index is 1670. The minimum absolute atomic E-state index is 0.0721. The molecule has 0 radical (unpaired) electrons. The van der Waals surface area contributed by atoms with E-state index in [0.29, 0.717) is 22.4 Å². The second-order valence-corrected chi connectivity index (χ2v) is 10.2. The molecule has 0 N–H and O–H groups in total. The van der Waals surface area contributed by atoms with Gasteiger partial charge in [0.05, 0.1) is 22.3 Å². The van der Waals surface area contributed by atoms with E-state index in [4.69, 9.17) is 0 Å². The van der Waals surface area contributed by atoms with Crippen LogP contribution in [0.25, 0.3) is 22.4 Å². The van der Waals surface area contributed by atoms with Gasteiger partial charge in [-0.05, 0) is 63.9 Å². The molecule has 0 saturated heterocycles. The van der Waals surface area contributed by atoms with Crippen LogP contribution in [0.15, 0.2) is 64.5 Å². The van der Waals surface area contributed by atoms with E-state index < -0.39 is 0 Å². The molecule has 2 aromatic carbocycles. The molecule has 0 bridgehead atoms. The fraction of sp³-hybridized carbons (Fsp3) is 0.259. The highest BCUT2D eigenvalue weighted by Crippen LogP contribution is 2.38. The van der Waals surface area contributed by atoms with Crippen molar-refractivity contribution >= 4 is 34.2 Å². The van der Waals surface area contributed by atoms with Crippen LogP contribution in [0.3, 0.4) is 0 Å². The SMILES string of the molecule is Cc1ccc(-n2c(=O)c3ccccc3n3c(SCC(=O)c4cc(C)n(C5CC5)c4C)nnc23)cc1. The highest BCUT2D eigenvalue weighted by atomic mass is 32.2. The lowest BCUT2D eigenvalue weighted by atomic mass is 10.2. The van der Waals surface area contributed by atoms with Crippen molar-refractivity contribution in [2.45, 2.75) is 44.8 Å². The highest BCUT2D eigenvalue weighted by Gasteiger charge is 2.28. The van der Waals surface area contributed by atoms with Crippen LogP contribution >= 0.6 is 11.8 Å². The van der Waals surface area contributed by atoms with Crippen molar-refractivity contribution in [2.75, 3.05) is 5.75 Å². The maximum atomic E-state index is 13.4. The van der Waals surface area contributed by atoms with Gasteiger partial charge < -0.3 is 4.57 Å². The minimum atomic E-state index is -0.149. The lowest BCUT2D eigenvalue weighted by molar-refractivity contribution is 0.102. The zero-order chi connectivity index (χ0) is 24.3. The Morgan fingerprint density at radius 2 is 1.77 bits per heavy atom. The number of hydrogen-bond donors (Lipinski definition) is 0. The average molecular weight is 484 g/mol. The molecule has 0 atom stereocenters. The summed E-state index contributed by atoms with van der Waals surface area (Å²) in [6, 6.07) is 17.7. The predicted octanol–water partition coefficient (Wildman–Crippen LogP) is 5.07. The average Bonchev–Trinajstić information content (AvgIpc) is 3.52. The Hall–Kier alpha value is -3.65. The molecular formula is C27H25N5O2S. The number of carbonyl (C=O) groups excluding carboxylic acids is 1. The quantitative estimate of drug-likeness (QED) is 0.249. The van der Waals surface area contributed by atoms with Gasteiger partial charge in [0.15, 0.2) is 10.9 Å². The summed E-state index contributed by atoms with van der Waals surface area (Å²) >= 11 is 1.35. The first-order chi connectivity index (χ1) is 16.9. The number of fused-ring (bicyclic) bond motifs is 3. The number of aromatic nitrogens is 5. The molecule has 6 rings (SSSR count). The summed E-state index contributed by atoms with van der Waals surface area (Å²) in [7, 11) is 0. The number of Topliss-reactive ketones (excluding diaryl/α,β-unsaturated/α-hetero) is 1. The number of rotatable bonds is 6. The fourth-order valence-corrected chi connectivity index (χ4v) is 5.68. The Morgan fingerprint density at radius 1 is 1.03 bits per heavy atom. The van der Waals surface area contributed by atoms with Gasteiger partial charge in [-0.1, -0.05) is 41.6 Å². The molecule has 0 amide bonds. The molecule has 7 nitrogen and oxygen atoms in total. The van der Waals surface area contributed by atoms with Crippen LogP contribution in [0.5, 0.6) is 0 Å². The van der Waals surface area contributed by atoms with E-state index in [1.807, 2.05) is 72.8 Å².